The second-order valence-corrected chi connectivity index (χ2v) is 6.67. The number of carbonyl (C=O) groups excluding carboxylic acids is 4. The number of benzene rings is 1. The topological polar surface area (TPSA) is 84.0 Å². The van der Waals surface area contributed by atoms with Crippen LogP contribution in [0.4, 0.5) is 13.2 Å². The number of carbonyl (C=O) groups is 4. The maximum absolute atomic E-state index is 12.7. The fraction of sp³-hybridized carbons (Fsp3) is 0.412. The Bertz CT molecular complexity index is 833. The number of alkyl halides is 3. The molecule has 2 fully saturated rings. The molecule has 2 heterocycles. The molecule has 0 aromatic heterocycles. The predicted octanol–water partition coefficient (Wildman–Crippen LogP) is 1.68. The van der Waals surface area contributed by atoms with Crippen LogP contribution in [0, 0.1) is 5.92 Å². The highest BCUT2D eigenvalue weighted by Gasteiger charge is 2.56. The predicted molar refractivity (Wildman–Crippen MR) is 80.9 cm³/mol. The SMILES string of the molecule is O=C1c2ccccc2C(=O)N1N1C(=O)[C@H]2CCC(OC(=O)C(F)(F)F)[C@@H]1C2. The summed E-state index contributed by atoms with van der Waals surface area (Å²) in [6.07, 6.45) is -6.04. The second kappa shape index (κ2) is 5.80. The van der Waals surface area contributed by atoms with Crippen molar-refractivity contribution in [2.45, 2.75) is 37.6 Å². The number of fused-ring (bicyclic) bond motifs is 3. The van der Waals surface area contributed by atoms with Gasteiger partial charge in [0.25, 0.3) is 11.8 Å². The van der Waals surface area contributed by atoms with Gasteiger partial charge in [-0.1, -0.05) is 12.1 Å². The van der Waals surface area contributed by atoms with E-state index in [0.717, 1.165) is 5.01 Å². The molecule has 2 bridgehead atoms. The summed E-state index contributed by atoms with van der Waals surface area (Å²) in [7, 11) is 0. The van der Waals surface area contributed by atoms with E-state index < -0.39 is 47.9 Å². The molecule has 0 radical (unpaired) electrons. The first-order valence-electron chi connectivity index (χ1n) is 8.28. The zero-order chi connectivity index (χ0) is 19.5. The van der Waals surface area contributed by atoms with Crippen molar-refractivity contribution in [3.8, 4) is 0 Å². The molecule has 2 aliphatic heterocycles. The van der Waals surface area contributed by atoms with Crippen molar-refractivity contribution in [2.75, 3.05) is 0 Å². The van der Waals surface area contributed by atoms with Crippen LogP contribution in [0.15, 0.2) is 24.3 Å². The van der Waals surface area contributed by atoms with Crippen molar-refractivity contribution in [1.29, 1.82) is 0 Å². The summed E-state index contributed by atoms with van der Waals surface area (Å²) < 4.78 is 42.2. The maximum atomic E-state index is 12.7. The average molecular weight is 382 g/mol. The lowest BCUT2D eigenvalue weighted by Crippen LogP contribution is -2.54. The van der Waals surface area contributed by atoms with Crippen molar-refractivity contribution < 1.29 is 37.1 Å². The molecule has 0 N–H and O–H groups in total. The molecular formula is C17H13F3N2O5. The van der Waals surface area contributed by atoms with Crippen LogP contribution in [-0.2, 0) is 14.3 Å². The van der Waals surface area contributed by atoms with Crippen molar-refractivity contribution in [3.63, 3.8) is 0 Å². The Morgan fingerprint density at radius 2 is 1.63 bits per heavy atom. The minimum atomic E-state index is -5.17. The van der Waals surface area contributed by atoms with Crippen LogP contribution in [0.5, 0.6) is 0 Å². The monoisotopic (exact) mass is 382 g/mol. The van der Waals surface area contributed by atoms with E-state index in [2.05, 4.69) is 4.74 Å². The highest BCUT2D eigenvalue weighted by Crippen LogP contribution is 2.41. The molecule has 1 saturated carbocycles. The molecule has 10 heteroatoms. The summed E-state index contributed by atoms with van der Waals surface area (Å²) >= 11 is 0. The van der Waals surface area contributed by atoms with Gasteiger partial charge in [-0.05, 0) is 31.4 Å². The van der Waals surface area contributed by atoms with Crippen LogP contribution in [0.2, 0.25) is 0 Å². The van der Waals surface area contributed by atoms with Crippen LogP contribution < -0.4 is 0 Å². The number of hydrogen-bond acceptors (Lipinski definition) is 5. The third-order valence-electron chi connectivity index (χ3n) is 5.12. The van der Waals surface area contributed by atoms with E-state index in [0.29, 0.717) is 5.01 Å². The molecule has 0 spiro atoms. The maximum Gasteiger partial charge on any atom is 0.490 e. The van der Waals surface area contributed by atoms with Crippen molar-refractivity contribution >= 4 is 23.7 Å². The van der Waals surface area contributed by atoms with Gasteiger partial charge in [-0.3, -0.25) is 14.4 Å². The standard InChI is InChI=1S/C17H13F3N2O5/c18-17(19,20)16(26)27-12-6-5-8-7-11(12)21(13(8)23)22-14(24)9-3-1-2-4-10(9)15(22)25/h1-4,8,11-12H,5-7H2/t8-,11-,12?/m0/s1. The Morgan fingerprint density at radius 1 is 1.04 bits per heavy atom. The molecule has 1 unspecified atom stereocenters. The molecule has 7 nitrogen and oxygen atoms in total. The van der Waals surface area contributed by atoms with Gasteiger partial charge in [-0.2, -0.15) is 18.2 Å². The Hall–Kier alpha value is -2.91. The lowest BCUT2D eigenvalue weighted by atomic mass is 9.88. The minimum Gasteiger partial charge on any atom is -0.453 e. The summed E-state index contributed by atoms with van der Waals surface area (Å²) in [5.74, 6) is -4.86. The summed E-state index contributed by atoms with van der Waals surface area (Å²) in [5.41, 5.74) is 0.223. The highest BCUT2D eigenvalue weighted by molar-refractivity contribution is 6.21. The zero-order valence-corrected chi connectivity index (χ0v) is 13.7. The number of hydrazine groups is 1. The fourth-order valence-corrected chi connectivity index (χ4v) is 3.91. The smallest absolute Gasteiger partial charge is 0.453 e. The molecule has 4 rings (SSSR count). The van der Waals surface area contributed by atoms with Gasteiger partial charge >= 0.3 is 12.1 Å². The molecule has 3 atom stereocenters. The second-order valence-electron chi connectivity index (χ2n) is 6.67. The van der Waals surface area contributed by atoms with Crippen LogP contribution in [0.3, 0.4) is 0 Å². The first kappa shape index (κ1) is 17.5. The van der Waals surface area contributed by atoms with E-state index in [9.17, 15) is 32.3 Å². The number of esters is 1. The quantitative estimate of drug-likeness (QED) is 0.574. The minimum absolute atomic E-state index is 0.0442. The van der Waals surface area contributed by atoms with Gasteiger partial charge in [0.1, 0.15) is 6.10 Å². The van der Waals surface area contributed by atoms with E-state index in [4.69, 9.17) is 0 Å². The van der Waals surface area contributed by atoms with Gasteiger partial charge in [-0.25, -0.2) is 9.80 Å². The molecule has 142 valence electrons. The first-order chi connectivity index (χ1) is 12.7. The number of rotatable bonds is 2. The van der Waals surface area contributed by atoms with E-state index in [1.807, 2.05) is 0 Å². The Kier molecular flexibility index (Phi) is 3.76. The molecule has 1 aromatic carbocycles. The van der Waals surface area contributed by atoms with Crippen LogP contribution in [0.1, 0.15) is 40.0 Å². The number of hydrogen-bond donors (Lipinski definition) is 0. The number of amides is 3. The third kappa shape index (κ3) is 2.58. The highest BCUT2D eigenvalue weighted by atomic mass is 19.4. The summed E-state index contributed by atoms with van der Waals surface area (Å²) in [6.45, 7) is 0. The Morgan fingerprint density at radius 3 is 2.19 bits per heavy atom. The van der Waals surface area contributed by atoms with Crippen LogP contribution >= 0.6 is 0 Å². The first-order valence-corrected chi connectivity index (χ1v) is 8.28. The lowest BCUT2D eigenvalue weighted by molar-refractivity contribution is -0.209. The van der Waals surface area contributed by atoms with Gasteiger partial charge in [0.2, 0.25) is 5.91 Å². The third-order valence-corrected chi connectivity index (χ3v) is 5.12. The van der Waals surface area contributed by atoms with E-state index >= 15 is 0 Å². The van der Waals surface area contributed by atoms with Gasteiger partial charge < -0.3 is 4.74 Å². The average Bonchev–Trinajstić information content (AvgIpc) is 3.02. The summed E-state index contributed by atoms with van der Waals surface area (Å²) in [4.78, 5) is 49.2. The number of imide groups is 1. The van der Waals surface area contributed by atoms with Gasteiger partial charge in [-0.15, -0.1) is 0 Å². The van der Waals surface area contributed by atoms with Gasteiger partial charge in [0.15, 0.2) is 0 Å². The van der Waals surface area contributed by atoms with Crippen molar-refractivity contribution in [3.05, 3.63) is 35.4 Å². The van der Waals surface area contributed by atoms with Gasteiger partial charge in [0.05, 0.1) is 17.2 Å². The van der Waals surface area contributed by atoms with E-state index in [1.165, 1.54) is 12.1 Å². The Balaban J connectivity index is 1.65. The normalized spacial score (nSPS) is 27.2. The largest absolute Gasteiger partial charge is 0.490 e. The molecular weight excluding hydrogens is 369 g/mol. The van der Waals surface area contributed by atoms with Crippen molar-refractivity contribution in [1.82, 2.24) is 10.0 Å². The molecule has 3 amide bonds. The van der Waals surface area contributed by atoms with Crippen LogP contribution in [0.25, 0.3) is 0 Å². The molecule has 1 aromatic rings. The zero-order valence-electron chi connectivity index (χ0n) is 13.7. The van der Waals surface area contributed by atoms with E-state index in [1.54, 1.807) is 12.1 Å². The lowest BCUT2D eigenvalue weighted by Gasteiger charge is -2.35. The van der Waals surface area contributed by atoms with E-state index in [-0.39, 0.29) is 30.4 Å². The summed E-state index contributed by atoms with van der Waals surface area (Å²) in [5, 5.41) is 1.55. The molecule has 1 saturated heterocycles. The summed E-state index contributed by atoms with van der Waals surface area (Å²) in [6, 6.07) is 4.99. The molecule has 27 heavy (non-hydrogen) atoms. The van der Waals surface area contributed by atoms with Crippen LogP contribution in [-0.4, -0.2) is 52.0 Å². The van der Waals surface area contributed by atoms with Gasteiger partial charge in [0, 0.05) is 5.92 Å². The van der Waals surface area contributed by atoms with Crippen molar-refractivity contribution in [2.24, 2.45) is 5.92 Å². The number of halogens is 3. The molecule has 1 aliphatic carbocycles. The number of ether oxygens (including phenoxy) is 1. The number of nitrogens with zero attached hydrogens (tertiary/aromatic N) is 2. The molecule has 3 aliphatic rings. The Labute approximate surface area is 150 Å². The fourth-order valence-electron chi connectivity index (χ4n) is 3.91.